The molecule has 0 radical (unpaired) electrons. The molecule has 134 valence electrons. The van der Waals surface area contributed by atoms with Crippen LogP contribution in [0.5, 0.6) is 11.5 Å². The Hall–Kier alpha value is -3.35. The minimum atomic E-state index is -0.259. The van der Waals surface area contributed by atoms with Gasteiger partial charge in [0.25, 0.3) is 5.91 Å². The number of rotatable bonds is 8. The third kappa shape index (κ3) is 4.83. The minimum absolute atomic E-state index is 0.0942. The average Bonchev–Trinajstić information content (AvgIpc) is 3.20. The van der Waals surface area contributed by atoms with E-state index in [1.165, 1.54) is 0 Å². The summed E-state index contributed by atoms with van der Waals surface area (Å²) in [6.45, 7) is 0.338. The number of amides is 1. The van der Waals surface area contributed by atoms with Crippen LogP contribution in [0, 0.1) is 0 Å². The van der Waals surface area contributed by atoms with E-state index in [0.29, 0.717) is 18.0 Å². The van der Waals surface area contributed by atoms with Crippen molar-refractivity contribution in [2.75, 3.05) is 13.7 Å². The van der Waals surface area contributed by atoms with E-state index in [1.807, 2.05) is 42.5 Å². The fraction of sp³-hybridized carbons (Fsp3) is 0.211. The Morgan fingerprint density at radius 3 is 2.54 bits per heavy atom. The number of nitrogens with one attached hydrogen (secondary N) is 1. The molecule has 3 rings (SSSR count). The number of nitrogens with zero attached hydrogens (tertiary/aromatic N) is 3. The third-order valence-corrected chi connectivity index (χ3v) is 3.76. The van der Waals surface area contributed by atoms with Gasteiger partial charge in [-0.25, -0.2) is 0 Å². The predicted octanol–water partition coefficient (Wildman–Crippen LogP) is 2.22. The van der Waals surface area contributed by atoms with Crippen LogP contribution in [-0.2, 0) is 11.3 Å². The van der Waals surface area contributed by atoms with Crippen LogP contribution in [0.4, 0.5) is 0 Å². The Morgan fingerprint density at radius 2 is 1.81 bits per heavy atom. The molecule has 1 unspecified atom stereocenters. The Balaban J connectivity index is 1.63. The van der Waals surface area contributed by atoms with Crippen LogP contribution in [0.25, 0.3) is 0 Å². The van der Waals surface area contributed by atoms with E-state index in [-0.39, 0.29) is 18.6 Å². The number of hydrogen-bond acceptors (Lipinski definition) is 5. The molecule has 1 amide bonds. The Morgan fingerprint density at radius 1 is 1.08 bits per heavy atom. The molecule has 2 aromatic carbocycles. The molecule has 1 atom stereocenters. The maximum atomic E-state index is 12.4. The molecule has 1 N–H and O–H groups in total. The van der Waals surface area contributed by atoms with Crippen molar-refractivity contribution in [2.24, 2.45) is 0 Å². The second kappa shape index (κ2) is 8.66. The van der Waals surface area contributed by atoms with Crippen molar-refractivity contribution in [3.63, 3.8) is 0 Å². The molecule has 0 bridgehead atoms. The second-order valence-corrected chi connectivity index (χ2v) is 5.58. The number of carbonyl (C=O) groups excluding carboxylic acids is 1. The van der Waals surface area contributed by atoms with Crippen LogP contribution in [-0.4, -0.2) is 34.6 Å². The summed E-state index contributed by atoms with van der Waals surface area (Å²) in [5.74, 6) is 1.02. The van der Waals surface area contributed by atoms with Gasteiger partial charge in [0.1, 0.15) is 11.5 Å². The number of ether oxygens (including phenoxy) is 2. The van der Waals surface area contributed by atoms with Crippen molar-refractivity contribution >= 4 is 5.91 Å². The molecule has 0 aliphatic heterocycles. The van der Waals surface area contributed by atoms with Gasteiger partial charge < -0.3 is 14.8 Å². The summed E-state index contributed by atoms with van der Waals surface area (Å²) in [4.78, 5) is 13.9. The second-order valence-electron chi connectivity index (χ2n) is 5.58. The first-order chi connectivity index (χ1) is 12.7. The first-order valence-corrected chi connectivity index (χ1v) is 8.20. The lowest BCUT2D eigenvalue weighted by Gasteiger charge is -2.19. The number of methoxy groups -OCH3 is 1. The first-order valence-electron chi connectivity index (χ1n) is 8.20. The van der Waals surface area contributed by atoms with Crippen molar-refractivity contribution in [3.8, 4) is 11.5 Å². The predicted molar refractivity (Wildman–Crippen MR) is 95.8 cm³/mol. The van der Waals surface area contributed by atoms with Gasteiger partial charge in [0.2, 0.25) is 0 Å². The molecule has 0 aliphatic carbocycles. The molecule has 1 heterocycles. The minimum Gasteiger partial charge on any atom is -0.497 e. The lowest BCUT2D eigenvalue weighted by molar-refractivity contribution is -0.124. The van der Waals surface area contributed by atoms with Crippen LogP contribution in [0.1, 0.15) is 11.6 Å². The van der Waals surface area contributed by atoms with Gasteiger partial charge in [0.15, 0.2) is 6.61 Å². The van der Waals surface area contributed by atoms with Crippen molar-refractivity contribution in [2.45, 2.75) is 12.6 Å². The summed E-state index contributed by atoms with van der Waals surface area (Å²) in [6, 6.07) is 16.6. The van der Waals surface area contributed by atoms with E-state index in [0.717, 1.165) is 5.56 Å². The Labute approximate surface area is 151 Å². The van der Waals surface area contributed by atoms with E-state index >= 15 is 0 Å². The van der Waals surface area contributed by atoms with Gasteiger partial charge in [-0.05, 0) is 17.7 Å². The van der Waals surface area contributed by atoms with E-state index in [1.54, 1.807) is 36.4 Å². The highest BCUT2D eigenvalue weighted by atomic mass is 16.5. The summed E-state index contributed by atoms with van der Waals surface area (Å²) in [6.07, 6.45) is 3.21. The molecule has 3 aromatic rings. The van der Waals surface area contributed by atoms with Gasteiger partial charge in [0.05, 0.1) is 32.1 Å². The van der Waals surface area contributed by atoms with Crippen molar-refractivity contribution in [1.29, 1.82) is 0 Å². The maximum absolute atomic E-state index is 12.4. The average molecular weight is 352 g/mol. The van der Waals surface area contributed by atoms with Crippen LogP contribution < -0.4 is 14.8 Å². The van der Waals surface area contributed by atoms with Gasteiger partial charge in [-0.15, -0.1) is 0 Å². The largest absolute Gasteiger partial charge is 0.497 e. The molecular weight excluding hydrogens is 332 g/mol. The van der Waals surface area contributed by atoms with Crippen molar-refractivity contribution in [3.05, 3.63) is 72.6 Å². The van der Waals surface area contributed by atoms with Gasteiger partial charge in [-0.3, -0.25) is 4.79 Å². The first kappa shape index (κ1) is 17.5. The molecule has 7 nitrogen and oxygen atoms in total. The molecule has 0 aliphatic rings. The molecule has 7 heteroatoms. The Kier molecular flexibility index (Phi) is 5.82. The zero-order valence-electron chi connectivity index (χ0n) is 14.4. The maximum Gasteiger partial charge on any atom is 0.258 e. The lowest BCUT2D eigenvalue weighted by atomic mass is 10.1. The molecule has 0 spiro atoms. The van der Waals surface area contributed by atoms with Crippen molar-refractivity contribution < 1.29 is 14.3 Å². The van der Waals surface area contributed by atoms with Gasteiger partial charge >= 0.3 is 0 Å². The highest BCUT2D eigenvalue weighted by molar-refractivity contribution is 5.78. The van der Waals surface area contributed by atoms with Gasteiger partial charge in [0, 0.05) is 6.07 Å². The molecule has 26 heavy (non-hydrogen) atoms. The Bertz CT molecular complexity index is 822. The third-order valence-electron chi connectivity index (χ3n) is 3.76. The summed E-state index contributed by atoms with van der Waals surface area (Å²) >= 11 is 0. The number of aromatic nitrogens is 3. The zero-order valence-corrected chi connectivity index (χ0v) is 14.4. The molecule has 0 fully saturated rings. The topological polar surface area (TPSA) is 78.3 Å². The van der Waals surface area contributed by atoms with Gasteiger partial charge in [-0.1, -0.05) is 36.4 Å². The summed E-state index contributed by atoms with van der Waals surface area (Å²) in [5, 5.41) is 11.2. The molecule has 0 saturated carbocycles. The number of carbonyl (C=O) groups is 1. The zero-order chi connectivity index (χ0) is 18.2. The van der Waals surface area contributed by atoms with E-state index < -0.39 is 0 Å². The fourth-order valence-electron chi connectivity index (χ4n) is 2.50. The fourth-order valence-corrected chi connectivity index (χ4v) is 2.50. The summed E-state index contributed by atoms with van der Waals surface area (Å²) in [7, 11) is 1.58. The van der Waals surface area contributed by atoms with Gasteiger partial charge in [-0.2, -0.15) is 15.0 Å². The summed E-state index contributed by atoms with van der Waals surface area (Å²) < 4.78 is 10.7. The van der Waals surface area contributed by atoms with Crippen LogP contribution in [0.2, 0.25) is 0 Å². The van der Waals surface area contributed by atoms with Crippen LogP contribution >= 0.6 is 0 Å². The molecular formula is C19H20N4O3. The van der Waals surface area contributed by atoms with Crippen molar-refractivity contribution in [1.82, 2.24) is 20.3 Å². The molecule has 1 aromatic heterocycles. The highest BCUT2D eigenvalue weighted by Crippen LogP contribution is 2.19. The van der Waals surface area contributed by atoms with Crippen LogP contribution in [0.3, 0.4) is 0 Å². The highest BCUT2D eigenvalue weighted by Gasteiger charge is 2.16. The standard InChI is InChI=1S/C19H20N4O3/c1-25-16-8-5-9-17(12-16)26-14-19(24)22-18(13-23-20-10-11-21-23)15-6-3-2-4-7-15/h2-12,18H,13-14H2,1H3,(H,22,24). The monoisotopic (exact) mass is 352 g/mol. The number of benzene rings is 2. The molecule has 0 saturated heterocycles. The van der Waals surface area contributed by atoms with E-state index in [2.05, 4.69) is 15.5 Å². The summed E-state index contributed by atoms with van der Waals surface area (Å²) in [5.41, 5.74) is 0.972. The lowest BCUT2D eigenvalue weighted by Crippen LogP contribution is -2.35. The normalized spacial score (nSPS) is 11.6. The van der Waals surface area contributed by atoms with Crippen LogP contribution in [0.15, 0.2) is 67.0 Å². The van der Waals surface area contributed by atoms with E-state index in [4.69, 9.17) is 9.47 Å². The van der Waals surface area contributed by atoms with E-state index in [9.17, 15) is 4.79 Å². The smallest absolute Gasteiger partial charge is 0.258 e. The quantitative estimate of drug-likeness (QED) is 0.673. The number of hydrogen-bond donors (Lipinski definition) is 1. The SMILES string of the molecule is COc1cccc(OCC(=O)NC(Cn2nccn2)c2ccccc2)c1.